The molecular weight excluding hydrogens is 242 g/mol. The average Bonchev–Trinajstić information content (AvgIpc) is 2.26. The van der Waals surface area contributed by atoms with Gasteiger partial charge in [-0.2, -0.15) is 0 Å². The zero-order chi connectivity index (χ0) is 14.6. The number of nitro groups is 1. The summed E-state index contributed by atoms with van der Waals surface area (Å²) in [5, 5.41) is 14.6. The van der Waals surface area contributed by atoms with E-state index in [9.17, 15) is 10.1 Å². The van der Waals surface area contributed by atoms with Gasteiger partial charge in [-0.15, -0.1) is 0 Å². The Morgan fingerprint density at radius 2 is 2.11 bits per heavy atom. The Kier molecular flexibility index (Phi) is 5.00. The lowest BCUT2D eigenvalue weighted by atomic mass is 9.83. The Hall–Kier alpha value is -1.49. The predicted molar refractivity (Wildman–Crippen MR) is 76.3 cm³/mol. The fourth-order valence-electron chi connectivity index (χ4n) is 2.13. The molecule has 0 aromatic carbocycles. The average molecular weight is 265 g/mol. The topological polar surface area (TPSA) is 68.1 Å². The Balaban J connectivity index is 3.10. The molecule has 1 rings (SSSR count). The van der Waals surface area contributed by atoms with E-state index in [0.717, 1.165) is 6.54 Å². The first-order valence-electron chi connectivity index (χ1n) is 6.59. The first-order valence-corrected chi connectivity index (χ1v) is 6.59. The number of nitrogens with one attached hydrogen (secondary N) is 1. The van der Waals surface area contributed by atoms with Gasteiger partial charge in [0.25, 0.3) is 5.69 Å². The van der Waals surface area contributed by atoms with Crippen LogP contribution in [-0.2, 0) is 6.42 Å². The highest BCUT2D eigenvalue weighted by Crippen LogP contribution is 2.27. The molecule has 19 heavy (non-hydrogen) atoms. The Labute approximate surface area is 114 Å². The van der Waals surface area contributed by atoms with Crippen LogP contribution in [0.2, 0.25) is 0 Å². The van der Waals surface area contributed by atoms with Crippen molar-refractivity contribution >= 4 is 5.69 Å². The predicted octanol–water partition coefficient (Wildman–Crippen LogP) is 2.86. The molecule has 5 heteroatoms. The minimum absolute atomic E-state index is 0.0231. The third-order valence-electron chi connectivity index (χ3n) is 3.28. The summed E-state index contributed by atoms with van der Waals surface area (Å²) in [6.07, 6.45) is 2.21. The highest BCUT2D eigenvalue weighted by atomic mass is 16.6. The molecule has 0 saturated heterocycles. The SMILES string of the molecule is CCNC(Cc1nccc(C)c1[N+](=O)[O-])C(C)(C)C. The van der Waals surface area contributed by atoms with E-state index in [4.69, 9.17) is 0 Å². The summed E-state index contributed by atoms with van der Waals surface area (Å²) in [7, 11) is 0. The standard InChI is InChI=1S/C14H23N3O2/c1-6-15-12(14(3,4)5)9-11-13(17(18)19)10(2)7-8-16-11/h7-8,12,15H,6,9H2,1-5H3. The molecule has 0 aliphatic rings. The number of pyridine rings is 1. The molecule has 1 atom stereocenters. The molecule has 1 aromatic rings. The molecule has 106 valence electrons. The van der Waals surface area contributed by atoms with Gasteiger partial charge in [0.1, 0.15) is 5.69 Å². The number of aryl methyl sites for hydroxylation is 1. The largest absolute Gasteiger partial charge is 0.313 e. The minimum atomic E-state index is -0.330. The van der Waals surface area contributed by atoms with Crippen LogP contribution < -0.4 is 5.32 Å². The summed E-state index contributed by atoms with van der Waals surface area (Å²) in [5.74, 6) is 0. The molecule has 1 heterocycles. The summed E-state index contributed by atoms with van der Waals surface area (Å²) in [5.41, 5.74) is 1.40. The van der Waals surface area contributed by atoms with Crippen LogP contribution in [0.25, 0.3) is 0 Å². The van der Waals surface area contributed by atoms with Crippen molar-refractivity contribution in [2.75, 3.05) is 6.54 Å². The van der Waals surface area contributed by atoms with Crippen molar-refractivity contribution in [3.8, 4) is 0 Å². The zero-order valence-corrected chi connectivity index (χ0v) is 12.4. The monoisotopic (exact) mass is 265 g/mol. The van der Waals surface area contributed by atoms with Crippen LogP contribution in [0.5, 0.6) is 0 Å². The number of aromatic nitrogens is 1. The second-order valence-electron chi connectivity index (χ2n) is 5.86. The van der Waals surface area contributed by atoms with E-state index in [-0.39, 0.29) is 22.1 Å². The van der Waals surface area contributed by atoms with Crippen LogP contribution in [0.1, 0.15) is 39.0 Å². The first-order chi connectivity index (χ1) is 8.77. The summed E-state index contributed by atoms with van der Waals surface area (Å²) in [6.45, 7) is 11.0. The van der Waals surface area contributed by atoms with Crippen LogP contribution in [0, 0.1) is 22.5 Å². The molecule has 0 radical (unpaired) electrons. The first kappa shape index (κ1) is 15.6. The van der Waals surface area contributed by atoms with E-state index < -0.39 is 0 Å². The lowest BCUT2D eigenvalue weighted by Gasteiger charge is -2.31. The molecule has 0 saturated carbocycles. The zero-order valence-electron chi connectivity index (χ0n) is 12.4. The molecular formula is C14H23N3O2. The fourth-order valence-corrected chi connectivity index (χ4v) is 2.13. The van der Waals surface area contributed by atoms with Crippen molar-refractivity contribution in [1.29, 1.82) is 0 Å². The second-order valence-corrected chi connectivity index (χ2v) is 5.86. The fraction of sp³-hybridized carbons (Fsp3) is 0.643. The van der Waals surface area contributed by atoms with Gasteiger partial charge in [0, 0.05) is 24.2 Å². The van der Waals surface area contributed by atoms with Gasteiger partial charge in [-0.1, -0.05) is 27.7 Å². The lowest BCUT2D eigenvalue weighted by molar-refractivity contribution is -0.386. The summed E-state index contributed by atoms with van der Waals surface area (Å²) >= 11 is 0. The third-order valence-corrected chi connectivity index (χ3v) is 3.28. The number of nitrogens with zero attached hydrogens (tertiary/aromatic N) is 2. The van der Waals surface area contributed by atoms with Gasteiger partial charge < -0.3 is 5.32 Å². The van der Waals surface area contributed by atoms with Crippen LogP contribution in [0.15, 0.2) is 12.3 Å². The Bertz CT molecular complexity index is 452. The van der Waals surface area contributed by atoms with Crippen molar-refractivity contribution in [1.82, 2.24) is 10.3 Å². The smallest absolute Gasteiger partial charge is 0.293 e. The van der Waals surface area contributed by atoms with E-state index in [0.29, 0.717) is 17.7 Å². The molecule has 0 amide bonds. The quantitative estimate of drug-likeness (QED) is 0.656. The van der Waals surface area contributed by atoms with Gasteiger partial charge in [0.2, 0.25) is 0 Å². The lowest BCUT2D eigenvalue weighted by Crippen LogP contribution is -2.42. The molecule has 0 aliphatic carbocycles. The third kappa shape index (κ3) is 3.99. The van der Waals surface area contributed by atoms with E-state index in [2.05, 4.69) is 31.1 Å². The maximum atomic E-state index is 11.2. The second kappa shape index (κ2) is 6.10. The maximum Gasteiger partial charge on any atom is 0.293 e. The van der Waals surface area contributed by atoms with Crippen molar-refractivity contribution in [3.05, 3.63) is 33.6 Å². The van der Waals surface area contributed by atoms with Gasteiger partial charge in [-0.05, 0) is 24.9 Å². The molecule has 5 nitrogen and oxygen atoms in total. The van der Waals surface area contributed by atoms with Crippen LogP contribution >= 0.6 is 0 Å². The van der Waals surface area contributed by atoms with E-state index in [1.54, 1.807) is 19.2 Å². The minimum Gasteiger partial charge on any atom is -0.313 e. The number of hydrogen-bond acceptors (Lipinski definition) is 4. The van der Waals surface area contributed by atoms with E-state index in [1.165, 1.54) is 0 Å². The van der Waals surface area contributed by atoms with Gasteiger partial charge in [0.15, 0.2) is 0 Å². The Morgan fingerprint density at radius 3 is 2.58 bits per heavy atom. The number of likely N-dealkylation sites (N-methyl/N-ethyl adjacent to an activating group) is 1. The highest BCUT2D eigenvalue weighted by molar-refractivity contribution is 5.43. The molecule has 1 unspecified atom stereocenters. The van der Waals surface area contributed by atoms with Gasteiger partial charge in [0.05, 0.1) is 4.92 Å². The Morgan fingerprint density at radius 1 is 1.47 bits per heavy atom. The normalized spacial score (nSPS) is 13.3. The number of hydrogen-bond donors (Lipinski definition) is 1. The summed E-state index contributed by atoms with van der Waals surface area (Å²) in [6, 6.07) is 1.84. The molecule has 1 aromatic heterocycles. The van der Waals surface area contributed by atoms with Gasteiger partial charge >= 0.3 is 0 Å². The molecule has 1 N–H and O–H groups in total. The van der Waals surface area contributed by atoms with Crippen molar-refractivity contribution in [3.63, 3.8) is 0 Å². The van der Waals surface area contributed by atoms with Crippen LogP contribution in [0.4, 0.5) is 5.69 Å². The van der Waals surface area contributed by atoms with E-state index in [1.807, 2.05) is 6.92 Å². The summed E-state index contributed by atoms with van der Waals surface area (Å²) < 4.78 is 0. The molecule has 0 fully saturated rings. The van der Waals surface area contributed by atoms with Crippen LogP contribution in [-0.4, -0.2) is 22.5 Å². The van der Waals surface area contributed by atoms with Gasteiger partial charge in [-0.25, -0.2) is 0 Å². The molecule has 0 bridgehead atoms. The highest BCUT2D eigenvalue weighted by Gasteiger charge is 2.28. The molecule has 0 aliphatic heterocycles. The van der Waals surface area contributed by atoms with Crippen LogP contribution in [0.3, 0.4) is 0 Å². The van der Waals surface area contributed by atoms with E-state index >= 15 is 0 Å². The van der Waals surface area contributed by atoms with Crippen molar-refractivity contribution < 1.29 is 4.92 Å². The van der Waals surface area contributed by atoms with Gasteiger partial charge in [-0.3, -0.25) is 15.1 Å². The van der Waals surface area contributed by atoms with Crippen molar-refractivity contribution in [2.24, 2.45) is 5.41 Å². The number of rotatable bonds is 5. The maximum absolute atomic E-state index is 11.2. The summed E-state index contributed by atoms with van der Waals surface area (Å²) in [4.78, 5) is 15.1. The van der Waals surface area contributed by atoms with Crippen molar-refractivity contribution in [2.45, 2.75) is 47.1 Å². The molecule has 0 spiro atoms.